The predicted octanol–water partition coefficient (Wildman–Crippen LogP) is 4.05. The number of nitrogens with zero attached hydrogens (tertiary/aromatic N) is 1. The third-order valence-electron chi connectivity index (χ3n) is 3.69. The first kappa shape index (κ1) is 19.0. The van der Waals surface area contributed by atoms with Crippen molar-refractivity contribution in [1.29, 1.82) is 0 Å². The monoisotopic (exact) mass is 388 g/mol. The van der Waals surface area contributed by atoms with E-state index in [0.717, 1.165) is 6.42 Å². The van der Waals surface area contributed by atoms with Gasteiger partial charge in [0, 0.05) is 12.0 Å². The summed E-state index contributed by atoms with van der Waals surface area (Å²) in [4.78, 5) is 12.2. The average Bonchev–Trinajstić information content (AvgIpc) is 2.87. The number of carbonyl (C=O) groups is 1. The molecule has 0 saturated heterocycles. The van der Waals surface area contributed by atoms with Gasteiger partial charge in [-0.15, -0.1) is 0 Å². The van der Waals surface area contributed by atoms with Crippen LogP contribution in [-0.4, -0.2) is 31.4 Å². The molecule has 1 amide bonds. The van der Waals surface area contributed by atoms with E-state index in [2.05, 4.69) is 10.5 Å². The molecule has 1 N–H and O–H groups in total. The molecule has 1 aliphatic heterocycles. The van der Waals surface area contributed by atoms with Crippen LogP contribution in [0.4, 0.5) is 0 Å². The molecule has 142 valence electrons. The molecular formula is C20H21ClN2O4. The van der Waals surface area contributed by atoms with Crippen LogP contribution < -0.4 is 19.6 Å². The normalized spacial score (nSPS) is 13.5. The van der Waals surface area contributed by atoms with Crippen molar-refractivity contribution >= 4 is 23.7 Å². The number of carbonyl (C=O) groups excluding carboxylic acids is 1. The van der Waals surface area contributed by atoms with Gasteiger partial charge in [0.1, 0.15) is 5.75 Å². The number of hydrogen-bond donors (Lipinski definition) is 1. The maximum Gasteiger partial charge on any atom is 0.271 e. The van der Waals surface area contributed by atoms with E-state index in [1.807, 2.05) is 13.8 Å². The minimum atomic E-state index is -0.317. The first-order valence-corrected chi connectivity index (χ1v) is 9.10. The van der Waals surface area contributed by atoms with E-state index in [1.54, 1.807) is 36.4 Å². The Balaban J connectivity index is 1.64. The van der Waals surface area contributed by atoms with E-state index in [4.69, 9.17) is 25.8 Å². The predicted molar refractivity (Wildman–Crippen MR) is 104 cm³/mol. The maximum absolute atomic E-state index is 12.2. The summed E-state index contributed by atoms with van der Waals surface area (Å²) in [6.45, 7) is 5.02. The molecule has 2 aromatic carbocycles. The lowest BCUT2D eigenvalue weighted by molar-refractivity contribution is 0.0955. The summed E-state index contributed by atoms with van der Waals surface area (Å²) >= 11 is 6.24. The maximum atomic E-state index is 12.2. The van der Waals surface area contributed by atoms with E-state index >= 15 is 0 Å². The molecule has 0 unspecified atom stereocenters. The zero-order valence-electron chi connectivity index (χ0n) is 15.2. The number of rotatable bonds is 5. The number of nitrogens with one attached hydrogen (secondary N) is 1. The van der Waals surface area contributed by atoms with Crippen molar-refractivity contribution in [1.82, 2.24) is 5.43 Å². The molecule has 0 bridgehead atoms. The van der Waals surface area contributed by atoms with Gasteiger partial charge in [-0.05, 0) is 55.8 Å². The minimum Gasteiger partial charge on any atom is -0.491 e. The summed E-state index contributed by atoms with van der Waals surface area (Å²) in [5.74, 6) is 1.52. The summed E-state index contributed by atoms with van der Waals surface area (Å²) < 4.78 is 16.8. The molecule has 3 rings (SSSR count). The largest absolute Gasteiger partial charge is 0.491 e. The van der Waals surface area contributed by atoms with Crippen molar-refractivity contribution in [2.75, 3.05) is 13.2 Å². The summed E-state index contributed by atoms with van der Waals surface area (Å²) in [6, 6.07) is 10.4. The number of benzene rings is 2. The fourth-order valence-electron chi connectivity index (χ4n) is 2.51. The van der Waals surface area contributed by atoms with Crippen molar-refractivity contribution in [3.63, 3.8) is 0 Å². The molecule has 0 saturated carbocycles. The highest BCUT2D eigenvalue weighted by Crippen LogP contribution is 2.37. The minimum absolute atomic E-state index is 0.0800. The van der Waals surface area contributed by atoms with E-state index in [0.29, 0.717) is 46.6 Å². The average molecular weight is 389 g/mol. The van der Waals surface area contributed by atoms with Crippen molar-refractivity contribution in [2.24, 2.45) is 5.10 Å². The molecule has 0 aromatic heterocycles. The van der Waals surface area contributed by atoms with E-state index < -0.39 is 0 Å². The van der Waals surface area contributed by atoms with Gasteiger partial charge in [-0.25, -0.2) is 5.43 Å². The topological polar surface area (TPSA) is 69.2 Å². The van der Waals surface area contributed by atoms with Gasteiger partial charge in [-0.2, -0.15) is 5.10 Å². The van der Waals surface area contributed by atoms with Crippen LogP contribution >= 0.6 is 11.6 Å². The molecule has 0 spiro atoms. The Morgan fingerprint density at radius 2 is 1.96 bits per heavy atom. The van der Waals surface area contributed by atoms with Crippen LogP contribution in [0.3, 0.4) is 0 Å². The second-order valence-electron chi connectivity index (χ2n) is 6.27. The molecule has 0 radical (unpaired) electrons. The number of hydrogen-bond acceptors (Lipinski definition) is 5. The third kappa shape index (κ3) is 5.14. The van der Waals surface area contributed by atoms with Crippen molar-refractivity contribution in [2.45, 2.75) is 26.4 Å². The molecular weight excluding hydrogens is 368 g/mol. The van der Waals surface area contributed by atoms with Gasteiger partial charge in [0.15, 0.2) is 11.5 Å². The quantitative estimate of drug-likeness (QED) is 0.619. The number of amides is 1. The molecule has 1 heterocycles. The lowest BCUT2D eigenvalue weighted by Crippen LogP contribution is -2.17. The van der Waals surface area contributed by atoms with Crippen LogP contribution in [0.25, 0.3) is 0 Å². The second kappa shape index (κ2) is 8.77. The first-order chi connectivity index (χ1) is 13.0. The zero-order valence-corrected chi connectivity index (χ0v) is 16.0. The molecule has 27 heavy (non-hydrogen) atoms. The highest BCUT2D eigenvalue weighted by Gasteiger charge is 2.15. The second-order valence-corrected chi connectivity index (χ2v) is 6.68. The van der Waals surface area contributed by atoms with Crippen LogP contribution in [0.1, 0.15) is 36.2 Å². The Morgan fingerprint density at radius 3 is 2.70 bits per heavy atom. The Bertz CT molecular complexity index is 835. The van der Waals surface area contributed by atoms with Crippen LogP contribution in [0.5, 0.6) is 17.2 Å². The summed E-state index contributed by atoms with van der Waals surface area (Å²) in [5, 5.41) is 4.44. The van der Waals surface area contributed by atoms with Crippen molar-refractivity contribution in [3.8, 4) is 17.2 Å². The SMILES string of the molecule is CC(C)Oc1ccc(C(=O)N/N=C\c2cc(Cl)c3c(c2)OCCCO3)cc1. The van der Waals surface area contributed by atoms with Gasteiger partial charge < -0.3 is 14.2 Å². The summed E-state index contributed by atoms with van der Waals surface area (Å²) in [5.41, 5.74) is 3.68. The Labute approximate surface area is 163 Å². The van der Waals surface area contributed by atoms with Crippen molar-refractivity contribution in [3.05, 3.63) is 52.5 Å². The molecule has 7 heteroatoms. The molecule has 6 nitrogen and oxygen atoms in total. The third-order valence-corrected chi connectivity index (χ3v) is 3.97. The van der Waals surface area contributed by atoms with Gasteiger partial charge in [0.05, 0.1) is 30.6 Å². The van der Waals surface area contributed by atoms with Crippen LogP contribution in [0, 0.1) is 0 Å². The summed E-state index contributed by atoms with van der Waals surface area (Å²) in [7, 11) is 0. The fourth-order valence-corrected chi connectivity index (χ4v) is 2.79. The van der Waals surface area contributed by atoms with Gasteiger partial charge in [-0.1, -0.05) is 11.6 Å². The standard InChI is InChI=1S/C20H21ClN2O4/c1-13(2)27-16-6-4-15(5-7-16)20(24)23-22-12-14-10-17(21)19-18(11-14)25-8-3-9-26-19/h4-7,10-13H,3,8-9H2,1-2H3,(H,23,24)/b22-12-. The smallest absolute Gasteiger partial charge is 0.271 e. The Hall–Kier alpha value is -2.73. The Kier molecular flexibility index (Phi) is 6.19. The first-order valence-electron chi connectivity index (χ1n) is 8.72. The van der Waals surface area contributed by atoms with Gasteiger partial charge in [0.2, 0.25) is 0 Å². The number of halogens is 1. The van der Waals surface area contributed by atoms with Crippen LogP contribution in [-0.2, 0) is 0 Å². The molecule has 1 aliphatic rings. The Morgan fingerprint density at radius 1 is 1.22 bits per heavy atom. The molecule has 2 aromatic rings. The van der Waals surface area contributed by atoms with Crippen LogP contribution in [0.2, 0.25) is 5.02 Å². The molecule has 0 atom stereocenters. The lowest BCUT2D eigenvalue weighted by Gasteiger charge is -2.10. The molecule has 0 fully saturated rings. The van der Waals surface area contributed by atoms with Gasteiger partial charge >= 0.3 is 0 Å². The van der Waals surface area contributed by atoms with Crippen molar-refractivity contribution < 1.29 is 19.0 Å². The highest BCUT2D eigenvalue weighted by molar-refractivity contribution is 6.32. The van der Waals surface area contributed by atoms with E-state index in [9.17, 15) is 4.79 Å². The number of ether oxygens (including phenoxy) is 3. The van der Waals surface area contributed by atoms with E-state index in [-0.39, 0.29) is 12.0 Å². The number of hydrazone groups is 1. The zero-order chi connectivity index (χ0) is 19.2. The van der Waals surface area contributed by atoms with Gasteiger partial charge in [0.25, 0.3) is 5.91 Å². The van der Waals surface area contributed by atoms with Crippen LogP contribution in [0.15, 0.2) is 41.5 Å². The number of fused-ring (bicyclic) bond motifs is 1. The highest BCUT2D eigenvalue weighted by atomic mass is 35.5. The van der Waals surface area contributed by atoms with Gasteiger partial charge in [-0.3, -0.25) is 4.79 Å². The lowest BCUT2D eigenvalue weighted by atomic mass is 10.2. The van der Waals surface area contributed by atoms with E-state index in [1.165, 1.54) is 6.21 Å². The summed E-state index contributed by atoms with van der Waals surface area (Å²) in [6.07, 6.45) is 2.39. The molecule has 0 aliphatic carbocycles. The fraction of sp³-hybridized carbons (Fsp3) is 0.300.